The van der Waals surface area contributed by atoms with Crippen molar-refractivity contribution in [3.05, 3.63) is 28.8 Å². The van der Waals surface area contributed by atoms with Crippen molar-refractivity contribution < 1.29 is 10.2 Å². The van der Waals surface area contributed by atoms with E-state index in [1.165, 1.54) is 0 Å². The molecule has 0 radical (unpaired) electrons. The summed E-state index contributed by atoms with van der Waals surface area (Å²) in [7, 11) is 4.06. The van der Waals surface area contributed by atoms with Gasteiger partial charge in [-0.25, -0.2) is 0 Å². The van der Waals surface area contributed by atoms with Gasteiger partial charge in [-0.15, -0.1) is 0 Å². The fraction of sp³-hybridized carbons (Fsp3) is 0.600. The molecule has 2 N–H and O–H groups in total. The molecule has 2 rings (SSSR count). The number of hydrogen-bond acceptors (Lipinski definition) is 4. The maximum Gasteiger partial charge on any atom is 0.0762 e. The molecule has 0 spiro atoms. The van der Waals surface area contributed by atoms with Crippen LogP contribution < -0.4 is 4.90 Å². The number of aliphatic hydroxyl groups is 2. The van der Waals surface area contributed by atoms with E-state index in [1.54, 1.807) is 13.0 Å². The largest absolute Gasteiger partial charge is 0.391 e. The van der Waals surface area contributed by atoms with Gasteiger partial charge in [-0.2, -0.15) is 0 Å². The van der Waals surface area contributed by atoms with Crippen molar-refractivity contribution in [3.8, 4) is 0 Å². The first-order valence-corrected chi connectivity index (χ1v) is 7.33. The summed E-state index contributed by atoms with van der Waals surface area (Å²) in [6, 6.07) is 5.89. The van der Waals surface area contributed by atoms with E-state index in [4.69, 9.17) is 11.6 Å². The highest BCUT2D eigenvalue weighted by atomic mass is 35.5. The molecule has 1 saturated heterocycles. The maximum atomic E-state index is 9.93. The normalized spacial score (nSPS) is 24.4. The number of benzene rings is 1. The van der Waals surface area contributed by atoms with Gasteiger partial charge in [0.15, 0.2) is 0 Å². The monoisotopic (exact) mass is 298 g/mol. The minimum atomic E-state index is -0.525. The quantitative estimate of drug-likeness (QED) is 0.891. The number of anilines is 1. The van der Waals surface area contributed by atoms with Gasteiger partial charge in [0.25, 0.3) is 0 Å². The number of β-amino-alcohol motifs (C(OH)–C–C–N with tert-alkyl or cyclic N) is 1. The molecule has 1 aliphatic heterocycles. The third-order valence-electron chi connectivity index (χ3n) is 3.73. The molecule has 1 aromatic rings. The average Bonchev–Trinajstić information content (AvgIpc) is 2.68. The van der Waals surface area contributed by atoms with E-state index in [-0.39, 0.29) is 12.1 Å². The fourth-order valence-electron chi connectivity index (χ4n) is 2.80. The van der Waals surface area contributed by atoms with Gasteiger partial charge in [0.05, 0.1) is 22.9 Å². The summed E-state index contributed by atoms with van der Waals surface area (Å²) in [5.41, 5.74) is 1.74. The van der Waals surface area contributed by atoms with Crippen molar-refractivity contribution in [2.45, 2.75) is 31.6 Å². The van der Waals surface area contributed by atoms with Crippen LogP contribution >= 0.6 is 11.6 Å². The van der Waals surface area contributed by atoms with Crippen LogP contribution in [-0.2, 0) is 0 Å². The van der Waals surface area contributed by atoms with Crippen molar-refractivity contribution in [2.75, 3.05) is 32.1 Å². The van der Waals surface area contributed by atoms with E-state index >= 15 is 0 Å². The zero-order chi connectivity index (χ0) is 14.9. The molecule has 0 amide bonds. The Morgan fingerprint density at radius 2 is 2.15 bits per heavy atom. The molecule has 2 unspecified atom stereocenters. The standard InChI is InChI=1S/C15H23ClN2O2/c1-10(19)11-4-5-15(14(16)6-11)18-9-13(20)7-12(18)8-17(2)3/h4-6,10,12-13,19-20H,7-9H2,1-3H3/t10-,12?,13?/m1/s1. The minimum Gasteiger partial charge on any atom is -0.391 e. The predicted octanol–water partition coefficient (Wildman–Crippen LogP) is 1.89. The van der Waals surface area contributed by atoms with Crippen molar-refractivity contribution in [1.29, 1.82) is 0 Å². The highest BCUT2D eigenvalue weighted by Gasteiger charge is 2.32. The molecule has 112 valence electrons. The molecule has 0 saturated carbocycles. The molecule has 0 aliphatic carbocycles. The Morgan fingerprint density at radius 1 is 1.45 bits per heavy atom. The molecule has 3 atom stereocenters. The van der Waals surface area contributed by atoms with E-state index < -0.39 is 6.10 Å². The first kappa shape index (κ1) is 15.6. The van der Waals surface area contributed by atoms with E-state index in [1.807, 2.05) is 26.2 Å². The summed E-state index contributed by atoms with van der Waals surface area (Å²) in [6.45, 7) is 3.21. The summed E-state index contributed by atoms with van der Waals surface area (Å²) in [5, 5.41) is 20.2. The number of aliphatic hydroxyl groups excluding tert-OH is 2. The van der Waals surface area contributed by atoms with Gasteiger partial charge in [0.1, 0.15) is 0 Å². The van der Waals surface area contributed by atoms with Crippen LogP contribution in [0, 0.1) is 0 Å². The average molecular weight is 299 g/mol. The third-order valence-corrected chi connectivity index (χ3v) is 4.03. The lowest BCUT2D eigenvalue weighted by molar-refractivity contribution is 0.191. The van der Waals surface area contributed by atoms with Crippen LogP contribution in [0.2, 0.25) is 5.02 Å². The zero-order valence-corrected chi connectivity index (χ0v) is 13.0. The van der Waals surface area contributed by atoms with Gasteiger partial charge in [-0.1, -0.05) is 17.7 Å². The molecule has 4 nitrogen and oxygen atoms in total. The minimum absolute atomic E-state index is 0.259. The van der Waals surface area contributed by atoms with Crippen LogP contribution in [0.5, 0.6) is 0 Å². The molecule has 1 fully saturated rings. The van der Waals surface area contributed by atoms with E-state index in [0.717, 1.165) is 24.2 Å². The molecule has 0 aromatic heterocycles. The second-order valence-corrected chi connectivity index (χ2v) is 6.25. The third kappa shape index (κ3) is 3.44. The topological polar surface area (TPSA) is 46.9 Å². The molecule has 20 heavy (non-hydrogen) atoms. The molecular weight excluding hydrogens is 276 g/mol. The second-order valence-electron chi connectivity index (χ2n) is 5.84. The molecule has 1 heterocycles. The Morgan fingerprint density at radius 3 is 2.70 bits per heavy atom. The predicted molar refractivity (Wildman–Crippen MR) is 82.4 cm³/mol. The van der Waals surface area contributed by atoms with Gasteiger partial charge in [-0.05, 0) is 45.1 Å². The van der Waals surface area contributed by atoms with Gasteiger partial charge in [0.2, 0.25) is 0 Å². The Balaban J connectivity index is 2.25. The lowest BCUT2D eigenvalue weighted by Gasteiger charge is -2.29. The van der Waals surface area contributed by atoms with Crippen molar-refractivity contribution in [2.24, 2.45) is 0 Å². The molecule has 0 bridgehead atoms. The van der Waals surface area contributed by atoms with Crippen LogP contribution in [0.1, 0.15) is 25.0 Å². The van der Waals surface area contributed by atoms with Gasteiger partial charge in [0, 0.05) is 19.1 Å². The Labute approximate surface area is 125 Å². The van der Waals surface area contributed by atoms with Gasteiger partial charge in [-0.3, -0.25) is 0 Å². The van der Waals surface area contributed by atoms with Crippen LogP contribution in [0.25, 0.3) is 0 Å². The van der Waals surface area contributed by atoms with Crippen LogP contribution in [0.3, 0.4) is 0 Å². The van der Waals surface area contributed by atoms with E-state index in [0.29, 0.717) is 11.6 Å². The highest BCUT2D eigenvalue weighted by Crippen LogP contribution is 2.34. The zero-order valence-electron chi connectivity index (χ0n) is 12.3. The summed E-state index contributed by atoms with van der Waals surface area (Å²) in [4.78, 5) is 4.28. The first-order chi connectivity index (χ1) is 9.38. The Kier molecular flexibility index (Phi) is 4.91. The number of halogens is 1. The number of rotatable bonds is 4. The van der Waals surface area contributed by atoms with Crippen LogP contribution in [-0.4, -0.2) is 54.4 Å². The molecule has 5 heteroatoms. The van der Waals surface area contributed by atoms with Crippen molar-refractivity contribution in [3.63, 3.8) is 0 Å². The highest BCUT2D eigenvalue weighted by molar-refractivity contribution is 6.33. The van der Waals surface area contributed by atoms with Crippen molar-refractivity contribution >= 4 is 17.3 Å². The first-order valence-electron chi connectivity index (χ1n) is 6.95. The lowest BCUT2D eigenvalue weighted by Crippen LogP contribution is -2.37. The SMILES string of the molecule is C[C@@H](O)c1ccc(N2CC(O)CC2CN(C)C)c(Cl)c1. The summed E-state index contributed by atoms with van der Waals surface area (Å²) >= 11 is 6.36. The summed E-state index contributed by atoms with van der Waals surface area (Å²) in [6.07, 6.45) is -0.0807. The molecular formula is C15H23ClN2O2. The maximum absolute atomic E-state index is 9.93. The lowest BCUT2D eigenvalue weighted by atomic mass is 10.1. The van der Waals surface area contributed by atoms with Gasteiger partial charge < -0.3 is 20.0 Å². The smallest absolute Gasteiger partial charge is 0.0762 e. The van der Waals surface area contributed by atoms with Crippen LogP contribution in [0.15, 0.2) is 18.2 Å². The van der Waals surface area contributed by atoms with Crippen molar-refractivity contribution in [1.82, 2.24) is 4.90 Å². The van der Waals surface area contributed by atoms with E-state index in [9.17, 15) is 10.2 Å². The fourth-order valence-corrected chi connectivity index (χ4v) is 3.10. The molecule has 1 aromatic carbocycles. The summed E-state index contributed by atoms with van der Waals surface area (Å²) < 4.78 is 0. The number of hydrogen-bond donors (Lipinski definition) is 2. The Hall–Kier alpha value is -0.810. The second kappa shape index (κ2) is 6.31. The van der Waals surface area contributed by atoms with E-state index in [2.05, 4.69) is 9.80 Å². The Bertz CT molecular complexity index is 465. The summed E-state index contributed by atoms with van der Waals surface area (Å²) in [5.74, 6) is 0. The van der Waals surface area contributed by atoms with Crippen LogP contribution in [0.4, 0.5) is 5.69 Å². The van der Waals surface area contributed by atoms with Gasteiger partial charge >= 0.3 is 0 Å². The number of likely N-dealkylation sites (N-methyl/N-ethyl adjacent to an activating group) is 1. The molecule has 1 aliphatic rings. The number of nitrogens with zero attached hydrogens (tertiary/aromatic N) is 2.